The molecule has 0 aromatic heterocycles. The second kappa shape index (κ2) is 6.50. The van der Waals surface area contributed by atoms with Crippen molar-refractivity contribution in [1.29, 1.82) is 0 Å². The smallest absolute Gasteiger partial charge is 0.218 e. The Labute approximate surface area is 87.7 Å². The molecule has 0 rings (SSSR count). The number of aliphatic imine (C=N–C) groups is 2. The van der Waals surface area contributed by atoms with Gasteiger partial charge in [0.1, 0.15) is 0 Å². The van der Waals surface area contributed by atoms with Crippen LogP contribution in [0.25, 0.3) is 0 Å². The topological polar surface area (TPSA) is 123 Å². The number of nitrogens with zero attached hydrogens (tertiary/aromatic N) is 2. The predicted octanol–water partition coefficient (Wildman–Crippen LogP) is -1.31. The first-order chi connectivity index (χ1) is 6.51. The normalized spacial score (nSPS) is 16.1. The second-order valence-corrected chi connectivity index (χ2v) is 3.80. The van der Waals surface area contributed by atoms with Gasteiger partial charge in [0.25, 0.3) is 0 Å². The van der Waals surface area contributed by atoms with E-state index in [1.165, 1.54) is 11.8 Å². The fourth-order valence-corrected chi connectivity index (χ4v) is 1.48. The van der Waals surface area contributed by atoms with Crippen LogP contribution in [0.2, 0.25) is 0 Å². The number of rotatable bonds is 4. The van der Waals surface area contributed by atoms with Crippen molar-refractivity contribution in [3.63, 3.8) is 0 Å². The highest BCUT2D eigenvalue weighted by atomic mass is 32.2. The molecule has 2 unspecified atom stereocenters. The summed E-state index contributed by atoms with van der Waals surface area (Å²) in [6.45, 7) is 1.88. The van der Waals surface area contributed by atoms with E-state index in [0.29, 0.717) is 0 Å². The summed E-state index contributed by atoms with van der Waals surface area (Å²) in [6, 6.07) is -0.127. The Bertz CT molecular complexity index is 222. The standard InChI is InChI=1S/C7H17N5OS/c1-4(5(3-13)14-2)11-7(10)12-6(8)9/h4-5,13H,3H2,1-2H3,(H6,8,9,10,11,12). The van der Waals surface area contributed by atoms with Gasteiger partial charge >= 0.3 is 0 Å². The number of thioether (sulfide) groups is 1. The molecule has 7 N–H and O–H groups in total. The third-order valence-electron chi connectivity index (χ3n) is 1.60. The minimum absolute atomic E-state index is 0.00255. The number of guanidine groups is 2. The summed E-state index contributed by atoms with van der Waals surface area (Å²) in [6.07, 6.45) is 1.89. The predicted molar refractivity (Wildman–Crippen MR) is 61.3 cm³/mol. The summed E-state index contributed by atoms with van der Waals surface area (Å²) < 4.78 is 0. The fourth-order valence-electron chi connectivity index (χ4n) is 0.877. The van der Waals surface area contributed by atoms with Crippen molar-refractivity contribution in [3.05, 3.63) is 0 Å². The van der Waals surface area contributed by atoms with Gasteiger partial charge in [0.2, 0.25) is 5.96 Å². The van der Waals surface area contributed by atoms with Crippen LogP contribution in [0.15, 0.2) is 9.98 Å². The SMILES string of the molecule is CSC(CO)C(C)N=C(N)N=C(N)N. The molecule has 0 spiro atoms. The van der Waals surface area contributed by atoms with Crippen molar-refractivity contribution in [3.8, 4) is 0 Å². The first-order valence-corrected chi connectivity index (χ1v) is 5.36. The van der Waals surface area contributed by atoms with Crippen molar-refractivity contribution in [2.75, 3.05) is 12.9 Å². The summed E-state index contributed by atoms with van der Waals surface area (Å²) in [5, 5.41) is 8.98. The lowest BCUT2D eigenvalue weighted by atomic mass is 10.2. The van der Waals surface area contributed by atoms with Crippen LogP contribution in [0.5, 0.6) is 0 Å². The van der Waals surface area contributed by atoms with E-state index in [-0.39, 0.29) is 29.8 Å². The van der Waals surface area contributed by atoms with Crippen molar-refractivity contribution in [2.45, 2.75) is 18.2 Å². The van der Waals surface area contributed by atoms with Crippen molar-refractivity contribution >= 4 is 23.7 Å². The molecule has 0 radical (unpaired) electrons. The minimum Gasteiger partial charge on any atom is -0.395 e. The zero-order chi connectivity index (χ0) is 11.1. The second-order valence-electron chi connectivity index (χ2n) is 2.72. The summed E-state index contributed by atoms with van der Waals surface area (Å²) >= 11 is 1.52. The average Bonchev–Trinajstić information content (AvgIpc) is 2.04. The highest BCUT2D eigenvalue weighted by Crippen LogP contribution is 2.12. The quantitative estimate of drug-likeness (QED) is 0.345. The Kier molecular flexibility index (Phi) is 6.06. The van der Waals surface area contributed by atoms with Gasteiger partial charge in [-0.25, -0.2) is 4.99 Å². The highest BCUT2D eigenvalue weighted by molar-refractivity contribution is 7.99. The number of aliphatic hydroxyl groups is 1. The number of hydrogen-bond acceptors (Lipinski definition) is 3. The zero-order valence-corrected chi connectivity index (χ0v) is 9.16. The van der Waals surface area contributed by atoms with Crippen LogP contribution >= 0.6 is 11.8 Å². The van der Waals surface area contributed by atoms with Gasteiger partial charge in [-0.05, 0) is 13.2 Å². The minimum atomic E-state index is -0.127. The van der Waals surface area contributed by atoms with Gasteiger partial charge < -0.3 is 22.3 Å². The largest absolute Gasteiger partial charge is 0.395 e. The summed E-state index contributed by atoms with van der Waals surface area (Å²) in [4.78, 5) is 7.60. The Morgan fingerprint density at radius 2 is 2.00 bits per heavy atom. The molecule has 7 heteroatoms. The molecular formula is C7H17N5OS. The Hall–Kier alpha value is -0.950. The van der Waals surface area contributed by atoms with Crippen LogP contribution < -0.4 is 17.2 Å². The summed E-state index contributed by atoms with van der Waals surface area (Å²) in [7, 11) is 0. The molecule has 0 fully saturated rings. The van der Waals surface area contributed by atoms with Crippen molar-refractivity contribution < 1.29 is 5.11 Å². The van der Waals surface area contributed by atoms with Gasteiger partial charge in [0, 0.05) is 5.25 Å². The molecule has 14 heavy (non-hydrogen) atoms. The Morgan fingerprint density at radius 1 is 1.43 bits per heavy atom. The van der Waals surface area contributed by atoms with Crippen molar-refractivity contribution in [1.82, 2.24) is 0 Å². The lowest BCUT2D eigenvalue weighted by Crippen LogP contribution is -2.29. The molecule has 0 saturated heterocycles. The van der Waals surface area contributed by atoms with E-state index in [1.807, 2.05) is 13.2 Å². The lowest BCUT2D eigenvalue weighted by molar-refractivity contribution is 0.285. The monoisotopic (exact) mass is 219 g/mol. The van der Waals surface area contributed by atoms with Crippen LogP contribution in [-0.2, 0) is 0 Å². The molecule has 6 nitrogen and oxygen atoms in total. The van der Waals surface area contributed by atoms with Crippen LogP contribution in [0.3, 0.4) is 0 Å². The molecule has 82 valence electrons. The molecule has 0 aliphatic carbocycles. The van der Waals surface area contributed by atoms with Gasteiger partial charge in [-0.15, -0.1) is 0 Å². The summed E-state index contributed by atoms with van der Waals surface area (Å²) in [5.74, 6) is -0.0897. The lowest BCUT2D eigenvalue weighted by Gasteiger charge is -2.15. The first kappa shape index (κ1) is 13.1. The van der Waals surface area contributed by atoms with Gasteiger partial charge in [-0.1, -0.05) is 0 Å². The number of nitrogens with two attached hydrogens (primary N) is 3. The van der Waals surface area contributed by atoms with E-state index in [4.69, 9.17) is 22.3 Å². The van der Waals surface area contributed by atoms with Gasteiger partial charge in [0.15, 0.2) is 5.96 Å². The molecule has 0 aromatic rings. The Morgan fingerprint density at radius 3 is 2.36 bits per heavy atom. The maximum Gasteiger partial charge on any atom is 0.218 e. The van der Waals surface area contributed by atoms with E-state index < -0.39 is 0 Å². The van der Waals surface area contributed by atoms with Crippen LogP contribution in [0.4, 0.5) is 0 Å². The molecule has 0 aromatic carbocycles. The molecule has 2 atom stereocenters. The highest BCUT2D eigenvalue weighted by Gasteiger charge is 2.14. The molecule has 0 aliphatic rings. The molecule has 0 aliphatic heterocycles. The van der Waals surface area contributed by atoms with E-state index in [9.17, 15) is 0 Å². The van der Waals surface area contributed by atoms with Crippen LogP contribution in [0.1, 0.15) is 6.92 Å². The number of aliphatic hydroxyl groups excluding tert-OH is 1. The van der Waals surface area contributed by atoms with E-state index in [2.05, 4.69) is 9.98 Å². The Balaban J connectivity index is 4.40. The third-order valence-corrected chi connectivity index (χ3v) is 2.75. The van der Waals surface area contributed by atoms with Crippen molar-refractivity contribution in [2.24, 2.45) is 27.2 Å². The maximum atomic E-state index is 8.98. The fraction of sp³-hybridized carbons (Fsp3) is 0.714. The van der Waals surface area contributed by atoms with Crippen LogP contribution in [-0.4, -0.2) is 41.2 Å². The number of hydrogen-bond donors (Lipinski definition) is 4. The van der Waals surface area contributed by atoms with E-state index >= 15 is 0 Å². The first-order valence-electron chi connectivity index (χ1n) is 4.07. The van der Waals surface area contributed by atoms with Gasteiger partial charge in [-0.3, -0.25) is 0 Å². The van der Waals surface area contributed by atoms with E-state index in [0.717, 1.165) is 0 Å². The summed E-state index contributed by atoms with van der Waals surface area (Å²) in [5.41, 5.74) is 15.7. The average molecular weight is 219 g/mol. The van der Waals surface area contributed by atoms with E-state index in [1.54, 1.807) is 0 Å². The van der Waals surface area contributed by atoms with Gasteiger partial charge in [-0.2, -0.15) is 16.8 Å². The molecule has 0 bridgehead atoms. The van der Waals surface area contributed by atoms with Crippen LogP contribution in [0, 0.1) is 0 Å². The molecule has 0 heterocycles. The molecule has 0 amide bonds. The maximum absolute atomic E-state index is 8.98. The zero-order valence-electron chi connectivity index (χ0n) is 8.34. The third kappa shape index (κ3) is 4.93. The van der Waals surface area contributed by atoms with Gasteiger partial charge in [0.05, 0.1) is 12.6 Å². The molecule has 0 saturated carbocycles. The molecular weight excluding hydrogens is 202 g/mol.